The second-order valence-electron chi connectivity index (χ2n) is 5.78. The number of methoxy groups -OCH3 is 1. The molecule has 1 fully saturated rings. The van der Waals surface area contributed by atoms with Gasteiger partial charge >= 0.3 is 12.0 Å². The molecule has 7 nitrogen and oxygen atoms in total. The fourth-order valence-corrected chi connectivity index (χ4v) is 2.11. The highest BCUT2D eigenvalue weighted by Crippen LogP contribution is 2.20. The van der Waals surface area contributed by atoms with E-state index < -0.39 is 23.3 Å². The standard InChI is InChI=1S/C13H22N2O5/c1-13(2,11(17)18)6-10(16)14-12(19)15-5-4-9(7-15)8-20-3/h9H,4-8H2,1-3H3,(H,17,18)(H,14,16,19). The fraction of sp³-hybridized carbons (Fsp3) is 0.769. The molecule has 1 atom stereocenters. The first-order valence-corrected chi connectivity index (χ1v) is 6.57. The molecule has 1 rings (SSSR count). The number of hydrogen-bond donors (Lipinski definition) is 2. The molecule has 0 aromatic heterocycles. The lowest BCUT2D eigenvalue weighted by atomic mass is 9.89. The van der Waals surface area contributed by atoms with Crippen LogP contribution in [-0.4, -0.2) is 54.7 Å². The number of amides is 3. The summed E-state index contributed by atoms with van der Waals surface area (Å²) in [6, 6.07) is -0.463. The first-order chi connectivity index (χ1) is 9.26. The van der Waals surface area contributed by atoms with Gasteiger partial charge in [0, 0.05) is 32.5 Å². The quantitative estimate of drug-likeness (QED) is 0.775. The highest BCUT2D eigenvalue weighted by atomic mass is 16.5. The van der Waals surface area contributed by atoms with Crippen molar-refractivity contribution >= 4 is 17.9 Å². The highest BCUT2D eigenvalue weighted by Gasteiger charge is 2.32. The number of ether oxygens (including phenoxy) is 1. The van der Waals surface area contributed by atoms with E-state index in [-0.39, 0.29) is 12.3 Å². The van der Waals surface area contributed by atoms with Crippen molar-refractivity contribution in [2.24, 2.45) is 11.3 Å². The van der Waals surface area contributed by atoms with E-state index in [0.717, 1.165) is 6.42 Å². The van der Waals surface area contributed by atoms with Crippen molar-refractivity contribution in [1.29, 1.82) is 0 Å². The van der Waals surface area contributed by atoms with Crippen molar-refractivity contribution in [2.75, 3.05) is 26.8 Å². The Balaban J connectivity index is 2.43. The Morgan fingerprint density at radius 1 is 1.40 bits per heavy atom. The van der Waals surface area contributed by atoms with Crippen LogP contribution in [0.5, 0.6) is 0 Å². The first-order valence-electron chi connectivity index (χ1n) is 6.57. The zero-order chi connectivity index (χ0) is 15.3. The topological polar surface area (TPSA) is 95.9 Å². The van der Waals surface area contributed by atoms with Gasteiger partial charge < -0.3 is 14.7 Å². The highest BCUT2D eigenvalue weighted by molar-refractivity contribution is 5.96. The molecule has 0 aliphatic carbocycles. The third-order valence-corrected chi connectivity index (χ3v) is 3.40. The third kappa shape index (κ3) is 4.48. The van der Waals surface area contributed by atoms with Crippen LogP contribution in [0.15, 0.2) is 0 Å². The summed E-state index contributed by atoms with van der Waals surface area (Å²) in [5, 5.41) is 11.2. The smallest absolute Gasteiger partial charge is 0.324 e. The molecule has 0 spiro atoms. The van der Waals surface area contributed by atoms with E-state index >= 15 is 0 Å². The van der Waals surface area contributed by atoms with Crippen LogP contribution >= 0.6 is 0 Å². The Hall–Kier alpha value is -1.63. The molecular formula is C13H22N2O5. The largest absolute Gasteiger partial charge is 0.481 e. The van der Waals surface area contributed by atoms with E-state index in [1.54, 1.807) is 12.0 Å². The summed E-state index contributed by atoms with van der Waals surface area (Å²) in [6.07, 6.45) is 0.611. The summed E-state index contributed by atoms with van der Waals surface area (Å²) in [6.45, 7) is 4.61. The SMILES string of the molecule is COCC1CCN(C(=O)NC(=O)CC(C)(C)C(=O)O)C1. The number of carbonyl (C=O) groups excluding carboxylic acids is 2. The van der Waals surface area contributed by atoms with Gasteiger partial charge in [-0.15, -0.1) is 0 Å². The van der Waals surface area contributed by atoms with Crippen molar-refractivity contribution in [3.05, 3.63) is 0 Å². The number of likely N-dealkylation sites (tertiary alicyclic amines) is 1. The summed E-state index contributed by atoms with van der Waals surface area (Å²) in [5.74, 6) is -1.35. The lowest BCUT2D eigenvalue weighted by Crippen LogP contribution is -2.43. The number of carbonyl (C=O) groups is 3. The minimum absolute atomic E-state index is 0.233. The molecule has 0 radical (unpaired) electrons. The lowest BCUT2D eigenvalue weighted by Gasteiger charge is -2.20. The zero-order valence-electron chi connectivity index (χ0n) is 12.1. The normalized spacial score (nSPS) is 18.9. The fourth-order valence-electron chi connectivity index (χ4n) is 2.11. The van der Waals surface area contributed by atoms with Crippen molar-refractivity contribution in [1.82, 2.24) is 10.2 Å². The van der Waals surface area contributed by atoms with Gasteiger partial charge in [0.1, 0.15) is 0 Å². The molecule has 1 unspecified atom stereocenters. The molecule has 0 aromatic rings. The third-order valence-electron chi connectivity index (χ3n) is 3.40. The molecular weight excluding hydrogens is 264 g/mol. The van der Waals surface area contributed by atoms with E-state index in [9.17, 15) is 14.4 Å². The van der Waals surface area contributed by atoms with Gasteiger partial charge in [0.2, 0.25) is 5.91 Å². The number of nitrogens with zero attached hydrogens (tertiary/aromatic N) is 1. The van der Waals surface area contributed by atoms with Gasteiger partial charge in [-0.25, -0.2) is 4.79 Å². The molecule has 3 amide bonds. The molecule has 1 heterocycles. The molecule has 20 heavy (non-hydrogen) atoms. The Labute approximate surface area is 118 Å². The number of aliphatic carboxylic acids is 1. The van der Waals surface area contributed by atoms with Crippen LogP contribution < -0.4 is 5.32 Å². The van der Waals surface area contributed by atoms with Crippen LogP contribution in [0.1, 0.15) is 26.7 Å². The summed E-state index contributed by atoms with van der Waals surface area (Å²) in [4.78, 5) is 36.0. The predicted octanol–water partition coefficient (Wildman–Crippen LogP) is 0.692. The Morgan fingerprint density at radius 2 is 2.05 bits per heavy atom. The number of rotatable bonds is 5. The van der Waals surface area contributed by atoms with E-state index in [1.165, 1.54) is 13.8 Å². The zero-order valence-corrected chi connectivity index (χ0v) is 12.1. The summed E-state index contributed by atoms with van der Waals surface area (Å²) >= 11 is 0. The second-order valence-corrected chi connectivity index (χ2v) is 5.78. The maximum Gasteiger partial charge on any atom is 0.324 e. The Bertz CT molecular complexity index is 394. The van der Waals surface area contributed by atoms with Gasteiger partial charge in [-0.05, 0) is 20.3 Å². The van der Waals surface area contributed by atoms with Crippen LogP contribution in [0.25, 0.3) is 0 Å². The molecule has 0 bridgehead atoms. The van der Waals surface area contributed by atoms with E-state index in [4.69, 9.17) is 9.84 Å². The molecule has 2 N–H and O–H groups in total. The number of urea groups is 1. The van der Waals surface area contributed by atoms with E-state index in [2.05, 4.69) is 5.32 Å². The minimum Gasteiger partial charge on any atom is -0.481 e. The van der Waals surface area contributed by atoms with Crippen molar-refractivity contribution < 1.29 is 24.2 Å². The maximum absolute atomic E-state index is 11.9. The molecule has 0 aromatic carbocycles. The van der Waals surface area contributed by atoms with Gasteiger partial charge in [-0.3, -0.25) is 14.9 Å². The van der Waals surface area contributed by atoms with Crippen LogP contribution in [-0.2, 0) is 14.3 Å². The van der Waals surface area contributed by atoms with Crippen LogP contribution in [0.4, 0.5) is 4.79 Å². The monoisotopic (exact) mass is 286 g/mol. The molecule has 1 aliphatic heterocycles. The summed E-state index contributed by atoms with van der Waals surface area (Å²) in [7, 11) is 1.61. The van der Waals surface area contributed by atoms with E-state index in [0.29, 0.717) is 19.7 Å². The van der Waals surface area contributed by atoms with Crippen LogP contribution in [0, 0.1) is 11.3 Å². The van der Waals surface area contributed by atoms with Gasteiger partial charge in [0.15, 0.2) is 0 Å². The van der Waals surface area contributed by atoms with E-state index in [1.807, 2.05) is 0 Å². The number of imide groups is 1. The number of carboxylic acids is 1. The second kappa shape index (κ2) is 6.69. The maximum atomic E-state index is 11.9. The number of hydrogen-bond acceptors (Lipinski definition) is 4. The van der Waals surface area contributed by atoms with Crippen LogP contribution in [0.2, 0.25) is 0 Å². The molecule has 7 heteroatoms. The van der Waals surface area contributed by atoms with Gasteiger partial charge in [-0.2, -0.15) is 0 Å². The molecule has 1 aliphatic rings. The molecule has 1 saturated heterocycles. The first kappa shape index (κ1) is 16.4. The Morgan fingerprint density at radius 3 is 2.60 bits per heavy atom. The van der Waals surface area contributed by atoms with Gasteiger partial charge in [0.25, 0.3) is 0 Å². The minimum atomic E-state index is -1.19. The van der Waals surface area contributed by atoms with Gasteiger partial charge in [0.05, 0.1) is 12.0 Å². The predicted molar refractivity (Wildman–Crippen MR) is 71.1 cm³/mol. The number of carboxylic acid groups (broad SMARTS) is 1. The summed E-state index contributed by atoms with van der Waals surface area (Å²) in [5.41, 5.74) is -1.19. The molecule has 114 valence electrons. The van der Waals surface area contributed by atoms with Crippen molar-refractivity contribution in [3.8, 4) is 0 Å². The molecule has 0 saturated carbocycles. The average Bonchev–Trinajstić information content (AvgIpc) is 2.77. The average molecular weight is 286 g/mol. The van der Waals surface area contributed by atoms with Crippen molar-refractivity contribution in [2.45, 2.75) is 26.7 Å². The van der Waals surface area contributed by atoms with Gasteiger partial charge in [-0.1, -0.05) is 0 Å². The number of nitrogens with one attached hydrogen (secondary N) is 1. The van der Waals surface area contributed by atoms with Crippen LogP contribution in [0.3, 0.4) is 0 Å². The summed E-state index contributed by atoms with van der Waals surface area (Å²) < 4.78 is 5.04. The lowest BCUT2D eigenvalue weighted by molar-refractivity contribution is -0.149. The Kier molecular flexibility index (Phi) is 5.50. The van der Waals surface area contributed by atoms with Crippen molar-refractivity contribution in [3.63, 3.8) is 0 Å².